The SMILES string of the molecule is CC#CCCOc1ccc(C#N)cc1C(F)(F)F. The number of hydrogen-bond donors (Lipinski definition) is 0. The van der Waals surface area contributed by atoms with Gasteiger partial charge in [-0.15, -0.1) is 11.8 Å². The van der Waals surface area contributed by atoms with Gasteiger partial charge in [0.15, 0.2) is 0 Å². The van der Waals surface area contributed by atoms with Gasteiger partial charge in [-0.25, -0.2) is 0 Å². The molecule has 0 saturated heterocycles. The Morgan fingerprint density at radius 3 is 2.61 bits per heavy atom. The van der Waals surface area contributed by atoms with E-state index in [9.17, 15) is 13.2 Å². The molecule has 1 rings (SSSR count). The van der Waals surface area contributed by atoms with Crippen molar-refractivity contribution >= 4 is 0 Å². The summed E-state index contributed by atoms with van der Waals surface area (Å²) in [5.74, 6) is 5.03. The van der Waals surface area contributed by atoms with E-state index in [1.165, 1.54) is 6.07 Å². The predicted molar refractivity (Wildman–Crippen MR) is 59.7 cm³/mol. The maximum absolute atomic E-state index is 12.7. The molecule has 0 spiro atoms. The largest absolute Gasteiger partial charge is 0.492 e. The van der Waals surface area contributed by atoms with Gasteiger partial charge >= 0.3 is 6.18 Å². The molecule has 0 aromatic heterocycles. The lowest BCUT2D eigenvalue weighted by molar-refractivity contribution is -0.138. The average Bonchev–Trinajstić information content (AvgIpc) is 2.33. The smallest absolute Gasteiger partial charge is 0.420 e. The van der Waals surface area contributed by atoms with Gasteiger partial charge in [-0.2, -0.15) is 18.4 Å². The number of nitrogens with zero attached hydrogens (tertiary/aromatic N) is 1. The number of hydrogen-bond acceptors (Lipinski definition) is 2. The summed E-state index contributed by atoms with van der Waals surface area (Å²) >= 11 is 0. The third kappa shape index (κ3) is 3.71. The third-order valence-corrected chi connectivity index (χ3v) is 2.08. The van der Waals surface area contributed by atoms with Gasteiger partial charge in [0.25, 0.3) is 0 Å². The lowest BCUT2D eigenvalue weighted by Crippen LogP contribution is -2.09. The van der Waals surface area contributed by atoms with Crippen LogP contribution in [0.1, 0.15) is 24.5 Å². The van der Waals surface area contributed by atoms with Gasteiger partial charge in [0.05, 0.1) is 23.8 Å². The molecule has 0 aliphatic heterocycles. The van der Waals surface area contributed by atoms with E-state index in [1.54, 1.807) is 13.0 Å². The second kappa shape index (κ2) is 5.97. The summed E-state index contributed by atoms with van der Waals surface area (Å²) in [5.41, 5.74) is -0.992. The first-order valence-electron chi connectivity index (χ1n) is 5.12. The highest BCUT2D eigenvalue weighted by atomic mass is 19.4. The summed E-state index contributed by atoms with van der Waals surface area (Å²) in [5, 5.41) is 8.59. The topological polar surface area (TPSA) is 33.0 Å². The van der Waals surface area contributed by atoms with Crippen molar-refractivity contribution in [3.05, 3.63) is 29.3 Å². The number of ether oxygens (including phenoxy) is 1. The fourth-order valence-electron chi connectivity index (χ4n) is 1.28. The Morgan fingerprint density at radius 1 is 1.33 bits per heavy atom. The summed E-state index contributed by atoms with van der Waals surface area (Å²) in [7, 11) is 0. The van der Waals surface area contributed by atoms with Crippen molar-refractivity contribution in [3.8, 4) is 23.7 Å². The summed E-state index contributed by atoms with van der Waals surface area (Å²) in [6, 6.07) is 4.89. The zero-order valence-electron chi connectivity index (χ0n) is 9.64. The monoisotopic (exact) mass is 253 g/mol. The van der Waals surface area contributed by atoms with Gasteiger partial charge in [0.1, 0.15) is 5.75 Å². The Hall–Kier alpha value is -2.14. The summed E-state index contributed by atoms with van der Waals surface area (Å²) < 4.78 is 43.2. The zero-order valence-corrected chi connectivity index (χ0v) is 9.64. The lowest BCUT2D eigenvalue weighted by Gasteiger charge is -2.13. The van der Waals surface area contributed by atoms with E-state index in [4.69, 9.17) is 10.00 Å². The minimum Gasteiger partial charge on any atom is -0.492 e. The number of benzene rings is 1. The molecule has 1 aromatic rings. The Balaban J connectivity index is 2.96. The highest BCUT2D eigenvalue weighted by Gasteiger charge is 2.34. The van der Waals surface area contributed by atoms with Crippen molar-refractivity contribution in [2.24, 2.45) is 0 Å². The van der Waals surface area contributed by atoms with Crippen LogP contribution in [-0.4, -0.2) is 6.61 Å². The molecule has 0 radical (unpaired) electrons. The fraction of sp³-hybridized carbons (Fsp3) is 0.308. The average molecular weight is 253 g/mol. The highest BCUT2D eigenvalue weighted by molar-refractivity contribution is 5.43. The van der Waals surface area contributed by atoms with Crippen molar-refractivity contribution in [1.29, 1.82) is 5.26 Å². The normalized spacial score (nSPS) is 10.2. The molecule has 18 heavy (non-hydrogen) atoms. The first-order chi connectivity index (χ1) is 8.49. The molecular weight excluding hydrogens is 243 g/mol. The minimum absolute atomic E-state index is 0.0528. The van der Waals surface area contributed by atoms with Gasteiger partial charge in [0, 0.05) is 6.42 Å². The fourth-order valence-corrected chi connectivity index (χ4v) is 1.28. The van der Waals surface area contributed by atoms with Gasteiger partial charge < -0.3 is 4.74 Å². The van der Waals surface area contributed by atoms with Crippen LogP contribution in [0.4, 0.5) is 13.2 Å². The van der Waals surface area contributed by atoms with Crippen LogP contribution >= 0.6 is 0 Å². The first kappa shape index (κ1) is 13.9. The Kier molecular flexibility index (Phi) is 4.62. The Morgan fingerprint density at radius 2 is 2.06 bits per heavy atom. The molecule has 5 heteroatoms. The van der Waals surface area contributed by atoms with E-state index in [-0.39, 0.29) is 17.9 Å². The van der Waals surface area contributed by atoms with Gasteiger partial charge in [0.2, 0.25) is 0 Å². The number of alkyl halides is 3. The van der Waals surface area contributed by atoms with E-state index in [0.29, 0.717) is 6.42 Å². The van der Waals surface area contributed by atoms with Gasteiger partial charge in [-0.1, -0.05) is 0 Å². The maximum Gasteiger partial charge on any atom is 0.420 e. The number of halogens is 3. The van der Waals surface area contributed by atoms with Crippen LogP contribution in [0.25, 0.3) is 0 Å². The molecule has 0 saturated carbocycles. The predicted octanol–water partition coefficient (Wildman–Crippen LogP) is 3.37. The maximum atomic E-state index is 12.7. The highest BCUT2D eigenvalue weighted by Crippen LogP contribution is 2.36. The zero-order chi connectivity index (χ0) is 13.6. The second-order valence-corrected chi connectivity index (χ2v) is 3.35. The minimum atomic E-state index is -4.54. The molecule has 0 bridgehead atoms. The van der Waals surface area contributed by atoms with E-state index in [0.717, 1.165) is 12.1 Å². The van der Waals surface area contributed by atoms with Crippen LogP contribution in [0, 0.1) is 23.2 Å². The number of nitriles is 1. The van der Waals surface area contributed by atoms with Gasteiger partial charge in [-0.3, -0.25) is 0 Å². The molecule has 94 valence electrons. The van der Waals surface area contributed by atoms with Crippen LogP contribution in [0.5, 0.6) is 5.75 Å². The third-order valence-electron chi connectivity index (χ3n) is 2.08. The molecule has 0 heterocycles. The molecule has 0 fully saturated rings. The van der Waals surface area contributed by atoms with Crippen LogP contribution < -0.4 is 4.74 Å². The first-order valence-corrected chi connectivity index (χ1v) is 5.12. The Labute approximate surface area is 103 Å². The lowest BCUT2D eigenvalue weighted by atomic mass is 10.1. The van der Waals surface area contributed by atoms with Crippen molar-refractivity contribution in [3.63, 3.8) is 0 Å². The standard InChI is InChI=1S/C13H10F3NO/c1-2-3-4-7-18-12-6-5-10(9-17)8-11(12)13(14,15)16/h5-6,8H,4,7H2,1H3. The quantitative estimate of drug-likeness (QED) is 0.611. The van der Waals surface area contributed by atoms with E-state index in [2.05, 4.69) is 11.8 Å². The van der Waals surface area contributed by atoms with Crippen molar-refractivity contribution in [2.75, 3.05) is 6.61 Å². The molecular formula is C13H10F3NO. The van der Waals surface area contributed by atoms with E-state index in [1.807, 2.05) is 0 Å². The van der Waals surface area contributed by atoms with Crippen molar-refractivity contribution in [1.82, 2.24) is 0 Å². The molecule has 0 aliphatic carbocycles. The molecule has 0 aliphatic rings. The molecule has 0 unspecified atom stereocenters. The van der Waals surface area contributed by atoms with Crippen molar-refractivity contribution in [2.45, 2.75) is 19.5 Å². The molecule has 0 amide bonds. The van der Waals surface area contributed by atoms with Crippen molar-refractivity contribution < 1.29 is 17.9 Å². The van der Waals surface area contributed by atoms with Gasteiger partial charge in [-0.05, 0) is 25.1 Å². The summed E-state index contributed by atoms with van der Waals surface area (Å²) in [6.07, 6.45) is -4.19. The Bertz CT molecular complexity index is 518. The van der Waals surface area contributed by atoms with Crippen LogP contribution in [0.15, 0.2) is 18.2 Å². The molecule has 0 atom stereocenters. The number of rotatable bonds is 3. The summed E-state index contributed by atoms with van der Waals surface area (Å²) in [4.78, 5) is 0. The van der Waals surface area contributed by atoms with Crippen LogP contribution in [0.3, 0.4) is 0 Å². The molecule has 2 nitrogen and oxygen atoms in total. The molecule has 0 N–H and O–H groups in total. The summed E-state index contributed by atoms with van der Waals surface area (Å²) in [6.45, 7) is 1.72. The van der Waals surface area contributed by atoms with E-state index >= 15 is 0 Å². The van der Waals surface area contributed by atoms with E-state index < -0.39 is 11.7 Å². The van der Waals surface area contributed by atoms with Crippen LogP contribution in [-0.2, 0) is 6.18 Å². The second-order valence-electron chi connectivity index (χ2n) is 3.35. The van der Waals surface area contributed by atoms with Crippen LogP contribution in [0.2, 0.25) is 0 Å². The molecule has 1 aromatic carbocycles.